The highest BCUT2D eigenvalue weighted by atomic mass is 35.5. The number of oxime groups is 1. The lowest BCUT2D eigenvalue weighted by Crippen LogP contribution is -2.66. The van der Waals surface area contributed by atoms with Crippen molar-refractivity contribution >= 4 is 23.5 Å². The van der Waals surface area contributed by atoms with E-state index in [1.165, 1.54) is 14.2 Å². The summed E-state index contributed by atoms with van der Waals surface area (Å²) in [5, 5.41) is 26.5. The first kappa shape index (κ1) is 29.3. The number of aliphatic hydroxyl groups excluding tert-OH is 2. The Bertz CT molecular complexity index is 1190. The SMILES string of the molecule is CCOC(=O)OC[C@@]12CO[C@@](c3ccc(Cl)c(Cc4ccc(/C(CC)=N/OC)cc4)c3)(O1)[C@H](OC)[C@@H](O)[C@@H]2O. The summed E-state index contributed by atoms with van der Waals surface area (Å²) >= 11 is 6.58. The number of ether oxygens (including phenoxy) is 5. The van der Waals surface area contributed by atoms with Crippen LogP contribution in [-0.4, -0.2) is 80.0 Å². The molecule has 4 rings (SSSR count). The van der Waals surface area contributed by atoms with Crippen molar-refractivity contribution in [3.63, 3.8) is 0 Å². The van der Waals surface area contributed by atoms with Gasteiger partial charge in [-0.1, -0.05) is 54.0 Å². The number of hydrogen-bond donors (Lipinski definition) is 2. The van der Waals surface area contributed by atoms with Crippen molar-refractivity contribution in [3.8, 4) is 0 Å². The van der Waals surface area contributed by atoms with Crippen molar-refractivity contribution in [3.05, 3.63) is 69.7 Å². The molecule has 11 heteroatoms. The van der Waals surface area contributed by atoms with Gasteiger partial charge in [-0.3, -0.25) is 0 Å². The van der Waals surface area contributed by atoms with Crippen LogP contribution in [0.25, 0.3) is 0 Å². The molecule has 2 aromatic rings. The van der Waals surface area contributed by atoms with Crippen molar-refractivity contribution in [2.75, 3.05) is 34.0 Å². The molecule has 2 bridgehead atoms. The van der Waals surface area contributed by atoms with Gasteiger partial charge in [-0.05, 0) is 48.6 Å². The van der Waals surface area contributed by atoms with E-state index in [1.54, 1.807) is 19.1 Å². The molecule has 2 aromatic carbocycles. The third-order valence-corrected chi connectivity index (χ3v) is 7.42. The van der Waals surface area contributed by atoms with E-state index in [2.05, 4.69) is 5.16 Å². The van der Waals surface area contributed by atoms with Gasteiger partial charge in [0.15, 0.2) is 5.60 Å². The van der Waals surface area contributed by atoms with E-state index in [0.29, 0.717) is 17.0 Å². The lowest BCUT2D eigenvalue weighted by atomic mass is 9.83. The molecular weight excluding hydrogens is 530 g/mol. The molecule has 2 aliphatic heterocycles. The van der Waals surface area contributed by atoms with E-state index < -0.39 is 35.9 Å². The number of aliphatic hydroxyl groups is 2. The number of benzene rings is 2. The maximum absolute atomic E-state index is 11.8. The molecule has 39 heavy (non-hydrogen) atoms. The summed E-state index contributed by atoms with van der Waals surface area (Å²) in [7, 11) is 2.92. The molecule has 10 nitrogen and oxygen atoms in total. The number of nitrogens with zero attached hydrogens (tertiary/aromatic N) is 1. The van der Waals surface area contributed by atoms with Gasteiger partial charge in [0.2, 0.25) is 5.79 Å². The Balaban J connectivity index is 1.63. The summed E-state index contributed by atoms with van der Waals surface area (Å²) in [6.45, 7) is 3.23. The van der Waals surface area contributed by atoms with Gasteiger partial charge in [0.1, 0.15) is 32.0 Å². The smallest absolute Gasteiger partial charge is 0.435 e. The summed E-state index contributed by atoms with van der Waals surface area (Å²) in [6.07, 6.45) is -3.60. The largest absolute Gasteiger partial charge is 0.508 e. The molecular formula is C28H34ClNO9. The molecule has 0 unspecified atom stereocenters. The van der Waals surface area contributed by atoms with Crippen LogP contribution in [0.15, 0.2) is 47.6 Å². The highest BCUT2D eigenvalue weighted by Gasteiger charge is 2.68. The average molecular weight is 564 g/mol. The zero-order chi connectivity index (χ0) is 28.2. The van der Waals surface area contributed by atoms with Crippen molar-refractivity contribution in [2.45, 2.75) is 56.4 Å². The summed E-state index contributed by atoms with van der Waals surface area (Å²) in [4.78, 5) is 16.8. The van der Waals surface area contributed by atoms with Gasteiger partial charge in [-0.25, -0.2) is 4.79 Å². The molecule has 2 heterocycles. The number of hydrogen-bond acceptors (Lipinski definition) is 10. The maximum atomic E-state index is 11.8. The van der Waals surface area contributed by atoms with Gasteiger partial charge in [0, 0.05) is 17.7 Å². The van der Waals surface area contributed by atoms with Crippen LogP contribution in [-0.2, 0) is 40.7 Å². The first-order chi connectivity index (χ1) is 18.7. The molecule has 0 aromatic heterocycles. The molecule has 2 aliphatic rings. The third-order valence-electron chi connectivity index (χ3n) is 7.05. The molecule has 0 amide bonds. The predicted molar refractivity (Wildman–Crippen MR) is 142 cm³/mol. The van der Waals surface area contributed by atoms with Crippen LogP contribution < -0.4 is 0 Å². The van der Waals surface area contributed by atoms with Gasteiger partial charge >= 0.3 is 6.16 Å². The Labute approximate surface area is 232 Å². The standard InChI is InChI=1S/C28H34ClNO9/c1-5-22(30-35-4)18-9-7-17(8-10-18)13-19-14-20(11-12-21(19)29)28-25(34-3)23(31)24(32)27(39-28,16-38-28)15-37-26(33)36-6-2/h7-12,14,23-25,31-32H,5-6,13,15-16H2,1-4H3/b30-22+/t23-,24-,25+,27-,28-/m0/s1. The number of rotatable bonds is 10. The van der Waals surface area contributed by atoms with Crippen LogP contribution in [0.4, 0.5) is 4.79 Å². The number of carbonyl (C=O) groups excluding carboxylic acids is 1. The van der Waals surface area contributed by atoms with Gasteiger partial charge in [-0.15, -0.1) is 0 Å². The Morgan fingerprint density at radius 1 is 1.13 bits per heavy atom. The zero-order valence-electron chi connectivity index (χ0n) is 22.4. The van der Waals surface area contributed by atoms with E-state index in [-0.39, 0.29) is 19.8 Å². The van der Waals surface area contributed by atoms with E-state index in [4.69, 9.17) is 40.1 Å². The predicted octanol–water partition coefficient (Wildman–Crippen LogP) is 3.55. The monoisotopic (exact) mass is 563 g/mol. The van der Waals surface area contributed by atoms with E-state index in [9.17, 15) is 15.0 Å². The number of halogens is 1. The van der Waals surface area contributed by atoms with Crippen molar-refractivity contribution in [1.29, 1.82) is 0 Å². The summed E-state index contributed by atoms with van der Waals surface area (Å²) in [5.74, 6) is -1.58. The van der Waals surface area contributed by atoms with Crippen molar-refractivity contribution in [1.82, 2.24) is 0 Å². The van der Waals surface area contributed by atoms with Crippen LogP contribution in [0.5, 0.6) is 0 Å². The van der Waals surface area contributed by atoms with Crippen molar-refractivity contribution < 1.29 is 43.5 Å². The van der Waals surface area contributed by atoms with Crippen LogP contribution in [0.3, 0.4) is 0 Å². The fourth-order valence-corrected chi connectivity index (χ4v) is 5.25. The van der Waals surface area contributed by atoms with E-state index in [1.807, 2.05) is 37.3 Å². The fraction of sp³-hybridized carbons (Fsp3) is 0.500. The van der Waals surface area contributed by atoms with Gasteiger partial charge in [0.25, 0.3) is 0 Å². The molecule has 2 N–H and O–H groups in total. The number of carbonyl (C=O) groups is 1. The Kier molecular flexibility index (Phi) is 9.15. The highest BCUT2D eigenvalue weighted by molar-refractivity contribution is 6.31. The molecule has 212 valence electrons. The zero-order valence-corrected chi connectivity index (χ0v) is 23.1. The first-order valence-corrected chi connectivity index (χ1v) is 13.1. The topological polar surface area (TPSA) is 125 Å². The summed E-state index contributed by atoms with van der Waals surface area (Å²) in [6, 6.07) is 13.2. The minimum Gasteiger partial charge on any atom is -0.435 e. The normalized spacial score (nSPS) is 28.3. The van der Waals surface area contributed by atoms with Crippen LogP contribution >= 0.6 is 11.6 Å². The summed E-state index contributed by atoms with van der Waals surface area (Å²) in [5.41, 5.74) is 2.62. The third kappa shape index (κ3) is 5.63. The van der Waals surface area contributed by atoms with E-state index in [0.717, 1.165) is 28.8 Å². The molecule has 0 saturated carbocycles. The lowest BCUT2D eigenvalue weighted by Gasteiger charge is -2.47. The minimum atomic E-state index is -1.58. The second-order valence-electron chi connectivity index (χ2n) is 9.44. The number of fused-ring (bicyclic) bond motifs is 2. The Hall–Kier alpha value is -2.73. The van der Waals surface area contributed by atoms with Gasteiger partial charge in [-0.2, -0.15) is 0 Å². The van der Waals surface area contributed by atoms with Gasteiger partial charge < -0.3 is 38.7 Å². The summed E-state index contributed by atoms with van der Waals surface area (Å²) < 4.78 is 28.1. The minimum absolute atomic E-state index is 0.126. The first-order valence-electron chi connectivity index (χ1n) is 12.7. The van der Waals surface area contributed by atoms with Crippen LogP contribution in [0, 0.1) is 0 Å². The molecule has 2 fully saturated rings. The maximum Gasteiger partial charge on any atom is 0.508 e. The van der Waals surface area contributed by atoms with Crippen LogP contribution in [0.2, 0.25) is 5.02 Å². The lowest BCUT2D eigenvalue weighted by molar-refractivity contribution is -0.334. The highest BCUT2D eigenvalue weighted by Crippen LogP contribution is 2.51. The molecule has 0 spiro atoms. The molecule has 0 radical (unpaired) electrons. The Morgan fingerprint density at radius 2 is 1.87 bits per heavy atom. The Morgan fingerprint density at radius 3 is 2.51 bits per heavy atom. The van der Waals surface area contributed by atoms with E-state index >= 15 is 0 Å². The average Bonchev–Trinajstić information content (AvgIpc) is 3.30. The molecule has 5 atom stereocenters. The molecule has 2 saturated heterocycles. The quantitative estimate of drug-likeness (QED) is 0.253. The second-order valence-corrected chi connectivity index (χ2v) is 9.85. The van der Waals surface area contributed by atoms with Crippen LogP contribution in [0.1, 0.15) is 42.5 Å². The fourth-order valence-electron chi connectivity index (χ4n) is 5.07. The second kappa shape index (κ2) is 12.2. The number of methoxy groups -OCH3 is 1. The van der Waals surface area contributed by atoms with Gasteiger partial charge in [0.05, 0.1) is 18.9 Å². The molecule has 0 aliphatic carbocycles. The van der Waals surface area contributed by atoms with Crippen molar-refractivity contribution in [2.24, 2.45) is 5.16 Å².